The zero-order valence-corrected chi connectivity index (χ0v) is 11.2. The number of fused-ring (bicyclic) bond motifs is 1. The van der Waals surface area contributed by atoms with Crippen LogP contribution in [0.4, 0.5) is 5.69 Å². The minimum absolute atomic E-state index is 0.650. The van der Waals surface area contributed by atoms with Crippen LogP contribution in [-0.2, 0) is 0 Å². The smallest absolute Gasteiger partial charge is 0.0752 e. The molecule has 0 spiro atoms. The Kier molecular flexibility index (Phi) is 2.93. The highest BCUT2D eigenvalue weighted by Gasteiger charge is 2.06. The topological polar surface area (TPSA) is 29.9 Å². The summed E-state index contributed by atoms with van der Waals surface area (Å²) in [6.45, 7) is 2.05. The van der Waals surface area contributed by atoms with Crippen molar-refractivity contribution in [2.24, 2.45) is 0 Å². The van der Waals surface area contributed by atoms with Crippen LogP contribution in [0.5, 0.6) is 0 Å². The summed E-state index contributed by atoms with van der Waals surface area (Å²) in [5.74, 6) is 0. The van der Waals surface area contributed by atoms with E-state index in [-0.39, 0.29) is 0 Å². The predicted molar refractivity (Wildman–Crippen MR) is 71.7 cm³/mol. The van der Waals surface area contributed by atoms with E-state index in [0.717, 1.165) is 11.4 Å². The average molecular weight is 319 g/mol. The average Bonchev–Trinajstić information content (AvgIpc) is 2.55. The van der Waals surface area contributed by atoms with Gasteiger partial charge in [-0.1, -0.05) is 0 Å². The van der Waals surface area contributed by atoms with Crippen molar-refractivity contribution in [3.8, 4) is 0 Å². The van der Waals surface area contributed by atoms with Crippen molar-refractivity contribution in [3.05, 3.63) is 23.9 Å². The number of halogens is 1. The first-order valence-electron chi connectivity index (χ1n) is 4.30. The number of nitrogens with zero attached hydrogens (tertiary/aromatic N) is 2. The largest absolute Gasteiger partial charge is 0.388 e. The highest BCUT2D eigenvalue weighted by Crippen LogP contribution is 2.31. The van der Waals surface area contributed by atoms with Crippen molar-refractivity contribution in [2.45, 2.75) is 6.92 Å². The molecule has 0 aliphatic carbocycles. The first-order chi connectivity index (χ1) is 6.76. The number of nitrogens with one attached hydrogen (secondary N) is 1. The summed E-state index contributed by atoms with van der Waals surface area (Å²) in [5.41, 5.74) is 3.45. The van der Waals surface area contributed by atoms with Crippen LogP contribution in [0.1, 0.15) is 5.69 Å². The molecular formula is C9H11IN3P. The summed E-state index contributed by atoms with van der Waals surface area (Å²) in [4.78, 5) is 0. The van der Waals surface area contributed by atoms with E-state index < -0.39 is 0 Å². The van der Waals surface area contributed by atoms with Gasteiger partial charge in [0.2, 0.25) is 0 Å². The number of rotatable bonds is 2. The lowest BCUT2D eigenvalue weighted by atomic mass is 10.2. The molecule has 0 radical (unpaired) electrons. The minimum Gasteiger partial charge on any atom is -0.388 e. The van der Waals surface area contributed by atoms with E-state index in [1.54, 1.807) is 0 Å². The molecular weight excluding hydrogens is 308 g/mol. The van der Waals surface area contributed by atoms with Gasteiger partial charge in [0.05, 0.1) is 17.6 Å². The van der Waals surface area contributed by atoms with E-state index in [9.17, 15) is 0 Å². The monoisotopic (exact) mass is 319 g/mol. The maximum absolute atomic E-state index is 4.48. The van der Waals surface area contributed by atoms with Crippen molar-refractivity contribution in [2.75, 3.05) is 12.4 Å². The number of benzene rings is 1. The van der Waals surface area contributed by atoms with Gasteiger partial charge in [-0.25, -0.2) is 4.45 Å². The molecule has 0 aliphatic heterocycles. The van der Waals surface area contributed by atoms with Gasteiger partial charge >= 0.3 is 0 Å². The lowest BCUT2D eigenvalue weighted by molar-refractivity contribution is 1.00. The predicted octanol–water partition coefficient (Wildman–Crippen LogP) is 3.18. The van der Waals surface area contributed by atoms with E-state index in [0.29, 0.717) is 6.37 Å². The molecule has 1 unspecified atom stereocenters. The van der Waals surface area contributed by atoms with Crippen LogP contribution < -0.4 is 5.32 Å². The third-order valence-corrected chi connectivity index (χ3v) is 4.11. The lowest BCUT2D eigenvalue weighted by Gasteiger charge is -2.01. The maximum atomic E-state index is 4.48. The van der Waals surface area contributed by atoms with Crippen LogP contribution in [0, 0.1) is 6.92 Å². The summed E-state index contributed by atoms with van der Waals surface area (Å²) in [6.07, 6.45) is 0.650. The molecule has 1 heterocycles. The van der Waals surface area contributed by atoms with Gasteiger partial charge in [0.25, 0.3) is 0 Å². The van der Waals surface area contributed by atoms with Crippen LogP contribution in [-0.4, -0.2) is 16.6 Å². The molecule has 0 saturated heterocycles. The summed E-state index contributed by atoms with van der Waals surface area (Å²) >= 11 is 2.35. The second kappa shape index (κ2) is 4.03. The molecule has 1 aromatic carbocycles. The zero-order chi connectivity index (χ0) is 10.1. The van der Waals surface area contributed by atoms with Crippen molar-refractivity contribution in [1.82, 2.24) is 9.55 Å². The number of aromatic nitrogens is 2. The Morgan fingerprint density at radius 3 is 2.93 bits per heavy atom. The zero-order valence-electron chi connectivity index (χ0n) is 8.00. The SMILES string of the molecule is CNc1ccc2c(C)nn(PI)c2c1. The molecule has 0 saturated carbocycles. The molecule has 74 valence electrons. The van der Waals surface area contributed by atoms with Crippen molar-refractivity contribution < 1.29 is 0 Å². The van der Waals surface area contributed by atoms with E-state index in [1.165, 1.54) is 10.9 Å². The van der Waals surface area contributed by atoms with Crippen LogP contribution >= 0.6 is 28.4 Å². The molecule has 1 aromatic heterocycles. The van der Waals surface area contributed by atoms with Crippen LogP contribution in [0.2, 0.25) is 0 Å². The number of hydrogen-bond donors (Lipinski definition) is 1. The molecule has 1 atom stereocenters. The van der Waals surface area contributed by atoms with Crippen LogP contribution in [0.3, 0.4) is 0 Å². The Morgan fingerprint density at radius 2 is 2.29 bits per heavy atom. The highest BCUT2D eigenvalue weighted by molar-refractivity contribution is 14.2. The molecule has 2 rings (SSSR count). The quantitative estimate of drug-likeness (QED) is 0.681. The number of aryl methyl sites for hydroxylation is 1. The molecule has 0 fully saturated rings. The number of hydrogen-bond acceptors (Lipinski definition) is 2. The van der Waals surface area contributed by atoms with Gasteiger partial charge in [0.15, 0.2) is 0 Å². The van der Waals surface area contributed by atoms with E-state index in [1.807, 2.05) is 11.5 Å². The summed E-state index contributed by atoms with van der Waals surface area (Å²) in [5, 5.41) is 8.86. The first-order valence-corrected chi connectivity index (χ1v) is 8.36. The molecule has 14 heavy (non-hydrogen) atoms. The van der Waals surface area contributed by atoms with E-state index in [2.05, 4.69) is 57.6 Å². The standard InChI is InChI=1S/C9H11IN3P/c1-6-8-4-3-7(11-2)5-9(8)13(12-6)14-10/h3-5,11,14H,1-2H3. The van der Waals surface area contributed by atoms with E-state index in [4.69, 9.17) is 0 Å². The Labute approximate surface area is 97.6 Å². The molecule has 2 aromatic rings. The second-order valence-corrected chi connectivity index (χ2v) is 5.10. The molecule has 0 aliphatic rings. The molecule has 5 heteroatoms. The normalized spacial score (nSPS) is 11.6. The van der Waals surface area contributed by atoms with Gasteiger partial charge in [-0.3, -0.25) is 0 Å². The van der Waals surface area contributed by atoms with Gasteiger partial charge in [-0.15, -0.1) is 0 Å². The van der Waals surface area contributed by atoms with E-state index >= 15 is 0 Å². The Morgan fingerprint density at radius 1 is 1.50 bits per heavy atom. The van der Waals surface area contributed by atoms with Crippen molar-refractivity contribution in [1.29, 1.82) is 0 Å². The Bertz CT molecular complexity index is 466. The van der Waals surface area contributed by atoms with Crippen LogP contribution in [0.15, 0.2) is 18.2 Å². The molecule has 0 bridgehead atoms. The first kappa shape index (κ1) is 10.2. The molecule has 3 nitrogen and oxygen atoms in total. The van der Waals surface area contributed by atoms with Crippen molar-refractivity contribution >= 4 is 45.0 Å². The molecule has 1 N–H and O–H groups in total. The summed E-state index contributed by atoms with van der Waals surface area (Å²) in [7, 11) is 1.93. The minimum atomic E-state index is 0.650. The fourth-order valence-corrected chi connectivity index (χ4v) is 3.06. The highest BCUT2D eigenvalue weighted by atomic mass is 127. The molecule has 0 amide bonds. The third-order valence-electron chi connectivity index (χ3n) is 2.23. The Balaban J connectivity index is 2.71. The van der Waals surface area contributed by atoms with Gasteiger partial charge in [0.1, 0.15) is 0 Å². The maximum Gasteiger partial charge on any atom is 0.0752 e. The fourth-order valence-electron chi connectivity index (χ4n) is 1.49. The number of anilines is 1. The Hall–Kier alpha value is -0.350. The second-order valence-electron chi connectivity index (χ2n) is 3.06. The van der Waals surface area contributed by atoms with Gasteiger partial charge in [-0.2, -0.15) is 5.10 Å². The lowest BCUT2D eigenvalue weighted by Crippen LogP contribution is -1.88. The van der Waals surface area contributed by atoms with Gasteiger partial charge in [0, 0.05) is 18.1 Å². The summed E-state index contributed by atoms with van der Waals surface area (Å²) < 4.78 is 2.05. The van der Waals surface area contributed by atoms with Gasteiger partial charge < -0.3 is 5.32 Å². The van der Waals surface area contributed by atoms with Crippen molar-refractivity contribution in [3.63, 3.8) is 0 Å². The third kappa shape index (κ3) is 1.61. The fraction of sp³-hybridized carbons (Fsp3) is 0.222. The summed E-state index contributed by atoms with van der Waals surface area (Å²) in [6, 6.07) is 6.34. The van der Waals surface area contributed by atoms with Gasteiger partial charge in [-0.05, 0) is 47.2 Å². The van der Waals surface area contributed by atoms with Crippen LogP contribution in [0.25, 0.3) is 10.9 Å².